The Bertz CT molecular complexity index is 617. The Kier molecular flexibility index (Phi) is 4.92. The normalized spacial score (nSPS) is 18.3. The predicted molar refractivity (Wildman–Crippen MR) is 84.5 cm³/mol. The zero-order valence-electron chi connectivity index (χ0n) is 13.5. The van der Waals surface area contributed by atoms with Crippen LogP contribution in [-0.2, 0) is 6.54 Å². The Hall–Kier alpha value is -2.25. The molecule has 8 heteroatoms. The summed E-state index contributed by atoms with van der Waals surface area (Å²) in [5, 5.41) is 0. The number of guanidine groups is 1. The molecule has 2 N–H and O–H groups in total. The largest absolute Gasteiger partial charge is 0.454 e. The van der Waals surface area contributed by atoms with Crippen LogP contribution in [0.15, 0.2) is 17.1 Å². The molecule has 0 atom stereocenters. The molecule has 0 aromatic heterocycles. The quantitative estimate of drug-likeness (QED) is 0.673. The Balaban J connectivity index is 1.74. The second-order valence-corrected chi connectivity index (χ2v) is 6.04. The molecule has 6 nitrogen and oxygen atoms in total. The van der Waals surface area contributed by atoms with Crippen LogP contribution in [-0.4, -0.2) is 37.4 Å². The first-order valence-corrected chi connectivity index (χ1v) is 7.95. The summed E-state index contributed by atoms with van der Waals surface area (Å²) < 4.78 is 40.3. The molecule has 0 amide bonds. The van der Waals surface area contributed by atoms with Gasteiger partial charge in [0, 0.05) is 24.7 Å². The maximum absolute atomic E-state index is 12.6. The topological polar surface area (TPSA) is 69.3 Å². The summed E-state index contributed by atoms with van der Waals surface area (Å²) >= 11 is 0. The van der Waals surface area contributed by atoms with E-state index in [1.807, 2.05) is 4.90 Å². The number of fused-ring (bicyclic) bond motifs is 1. The lowest BCUT2D eigenvalue weighted by Gasteiger charge is -2.31. The van der Waals surface area contributed by atoms with Gasteiger partial charge >= 0.3 is 6.61 Å². The van der Waals surface area contributed by atoms with E-state index in [0.29, 0.717) is 28.9 Å². The summed E-state index contributed by atoms with van der Waals surface area (Å²) in [4.78, 5) is 6.35. The number of alkyl halides is 2. The number of hydrogen-bond donors (Lipinski definition) is 1. The smallest absolute Gasteiger partial charge is 0.387 e. The van der Waals surface area contributed by atoms with Crippen LogP contribution in [0.4, 0.5) is 8.78 Å². The summed E-state index contributed by atoms with van der Waals surface area (Å²) in [6.07, 6.45) is 2.14. The van der Waals surface area contributed by atoms with E-state index < -0.39 is 6.61 Å². The molecule has 2 aliphatic rings. The molecule has 0 spiro atoms. The van der Waals surface area contributed by atoms with Gasteiger partial charge in [-0.15, -0.1) is 0 Å². The SMILES string of the molecule is CC1CCN(C(N)=NCc2cc3c(cc2OC(F)F)OCO3)CC1. The van der Waals surface area contributed by atoms with E-state index in [1.54, 1.807) is 6.07 Å². The zero-order chi connectivity index (χ0) is 17.1. The van der Waals surface area contributed by atoms with Crippen molar-refractivity contribution in [1.82, 2.24) is 4.90 Å². The molecule has 3 rings (SSSR count). The third-order valence-corrected chi connectivity index (χ3v) is 4.29. The van der Waals surface area contributed by atoms with Gasteiger partial charge in [0.25, 0.3) is 0 Å². The first kappa shape index (κ1) is 16.6. The van der Waals surface area contributed by atoms with Crippen LogP contribution in [0.3, 0.4) is 0 Å². The lowest BCUT2D eigenvalue weighted by molar-refractivity contribution is -0.0505. The fourth-order valence-electron chi connectivity index (χ4n) is 2.80. The van der Waals surface area contributed by atoms with Crippen LogP contribution >= 0.6 is 0 Å². The molecule has 1 saturated heterocycles. The van der Waals surface area contributed by atoms with Crippen molar-refractivity contribution >= 4 is 5.96 Å². The minimum absolute atomic E-state index is 0.0260. The predicted octanol–water partition coefficient (Wildman–Crippen LogP) is 2.56. The average molecular weight is 341 g/mol. The summed E-state index contributed by atoms with van der Waals surface area (Å²) in [7, 11) is 0. The van der Waals surface area contributed by atoms with Gasteiger partial charge in [-0.3, -0.25) is 0 Å². The van der Waals surface area contributed by atoms with E-state index in [1.165, 1.54) is 6.07 Å². The number of aliphatic imine (C=N–C) groups is 1. The fraction of sp³-hybridized carbons (Fsp3) is 0.562. The Morgan fingerprint density at radius 2 is 2.00 bits per heavy atom. The lowest BCUT2D eigenvalue weighted by atomic mass is 10.00. The van der Waals surface area contributed by atoms with Crippen LogP contribution in [0, 0.1) is 5.92 Å². The number of nitrogens with zero attached hydrogens (tertiary/aromatic N) is 2. The molecule has 2 aliphatic heterocycles. The van der Waals surface area contributed by atoms with Gasteiger partial charge in [-0.05, 0) is 24.8 Å². The highest BCUT2D eigenvalue weighted by Gasteiger charge is 2.21. The van der Waals surface area contributed by atoms with E-state index in [4.69, 9.17) is 15.2 Å². The highest BCUT2D eigenvalue weighted by Crippen LogP contribution is 2.39. The Morgan fingerprint density at radius 3 is 2.67 bits per heavy atom. The highest BCUT2D eigenvalue weighted by atomic mass is 19.3. The summed E-state index contributed by atoms with van der Waals surface area (Å²) in [6, 6.07) is 3.01. The Morgan fingerprint density at radius 1 is 1.33 bits per heavy atom. The molecule has 2 heterocycles. The van der Waals surface area contributed by atoms with Crippen molar-refractivity contribution in [3.63, 3.8) is 0 Å². The van der Waals surface area contributed by atoms with Gasteiger partial charge in [0.05, 0.1) is 6.54 Å². The first-order chi connectivity index (χ1) is 11.5. The van der Waals surface area contributed by atoms with Crippen molar-refractivity contribution in [2.75, 3.05) is 19.9 Å². The molecule has 0 saturated carbocycles. The third-order valence-electron chi connectivity index (χ3n) is 4.29. The molecule has 1 aromatic rings. The van der Waals surface area contributed by atoms with Gasteiger partial charge in [0.2, 0.25) is 6.79 Å². The molecule has 1 aromatic carbocycles. The van der Waals surface area contributed by atoms with Crippen molar-refractivity contribution in [1.29, 1.82) is 0 Å². The standard InChI is InChI=1S/C16H21F2N3O3/c1-10-2-4-21(5-3-10)16(19)20-8-11-6-13-14(23-9-22-13)7-12(11)24-15(17)18/h6-7,10,15H,2-5,8-9H2,1H3,(H2,19,20). The van der Waals surface area contributed by atoms with E-state index in [-0.39, 0.29) is 19.1 Å². The van der Waals surface area contributed by atoms with Crippen LogP contribution in [0.2, 0.25) is 0 Å². The second-order valence-electron chi connectivity index (χ2n) is 6.04. The van der Waals surface area contributed by atoms with Gasteiger partial charge in [-0.2, -0.15) is 8.78 Å². The third kappa shape index (κ3) is 3.80. The van der Waals surface area contributed by atoms with Gasteiger partial charge < -0.3 is 24.8 Å². The van der Waals surface area contributed by atoms with Gasteiger partial charge in [-0.25, -0.2) is 4.99 Å². The van der Waals surface area contributed by atoms with Crippen LogP contribution in [0.25, 0.3) is 0 Å². The Labute approximate surface area is 139 Å². The number of rotatable bonds is 4. The summed E-state index contributed by atoms with van der Waals surface area (Å²) in [5.74, 6) is 2.01. The van der Waals surface area contributed by atoms with Gasteiger partial charge in [0.15, 0.2) is 17.5 Å². The van der Waals surface area contributed by atoms with Crippen LogP contribution in [0.5, 0.6) is 17.2 Å². The molecule has 0 unspecified atom stereocenters. The molecule has 24 heavy (non-hydrogen) atoms. The van der Waals surface area contributed by atoms with E-state index in [0.717, 1.165) is 25.9 Å². The maximum atomic E-state index is 12.6. The van der Waals surface area contributed by atoms with Crippen molar-refractivity contribution < 1.29 is 23.0 Å². The van der Waals surface area contributed by atoms with Crippen molar-refractivity contribution in [2.45, 2.75) is 32.9 Å². The van der Waals surface area contributed by atoms with Crippen molar-refractivity contribution in [3.05, 3.63) is 17.7 Å². The highest BCUT2D eigenvalue weighted by molar-refractivity contribution is 5.78. The number of piperidine rings is 1. The summed E-state index contributed by atoms with van der Waals surface area (Å²) in [6.45, 7) is 1.20. The van der Waals surface area contributed by atoms with E-state index in [9.17, 15) is 8.78 Å². The van der Waals surface area contributed by atoms with Crippen molar-refractivity contribution in [2.24, 2.45) is 16.6 Å². The maximum Gasteiger partial charge on any atom is 0.387 e. The first-order valence-electron chi connectivity index (χ1n) is 7.95. The number of nitrogens with two attached hydrogens (primary N) is 1. The molecule has 0 bridgehead atoms. The van der Waals surface area contributed by atoms with Gasteiger partial charge in [0.1, 0.15) is 5.75 Å². The monoisotopic (exact) mass is 341 g/mol. The number of hydrogen-bond acceptors (Lipinski definition) is 4. The van der Waals surface area contributed by atoms with Crippen LogP contribution in [0.1, 0.15) is 25.3 Å². The molecule has 0 aliphatic carbocycles. The number of likely N-dealkylation sites (tertiary alicyclic amines) is 1. The number of ether oxygens (including phenoxy) is 3. The molecule has 0 radical (unpaired) electrons. The van der Waals surface area contributed by atoms with Gasteiger partial charge in [-0.1, -0.05) is 6.92 Å². The minimum atomic E-state index is -2.92. The molecular weight excluding hydrogens is 320 g/mol. The second kappa shape index (κ2) is 7.11. The summed E-state index contributed by atoms with van der Waals surface area (Å²) in [5.41, 5.74) is 6.52. The fourth-order valence-corrected chi connectivity index (χ4v) is 2.80. The lowest BCUT2D eigenvalue weighted by Crippen LogP contribution is -2.42. The van der Waals surface area contributed by atoms with Crippen LogP contribution < -0.4 is 19.9 Å². The molecule has 132 valence electrons. The zero-order valence-corrected chi connectivity index (χ0v) is 13.5. The molecular formula is C16H21F2N3O3. The van der Waals surface area contributed by atoms with E-state index in [2.05, 4.69) is 16.7 Å². The van der Waals surface area contributed by atoms with Crippen molar-refractivity contribution in [3.8, 4) is 17.2 Å². The molecule has 1 fully saturated rings. The number of halogens is 2. The van der Waals surface area contributed by atoms with E-state index >= 15 is 0 Å². The average Bonchev–Trinajstić information content (AvgIpc) is 2.99. The number of benzene rings is 1. The minimum Gasteiger partial charge on any atom is -0.454 e.